The van der Waals surface area contributed by atoms with E-state index in [1.165, 1.54) is 12.1 Å². The van der Waals surface area contributed by atoms with Crippen LogP contribution in [0.25, 0.3) is 0 Å². The first-order valence-corrected chi connectivity index (χ1v) is 12.6. The summed E-state index contributed by atoms with van der Waals surface area (Å²) in [5, 5.41) is 2.93. The number of rotatable bonds is 8. The number of carbonyl (C=O) groups is 1. The molecule has 180 valence electrons. The van der Waals surface area contributed by atoms with E-state index in [1.807, 2.05) is 34.6 Å². The molecule has 3 aromatic rings. The first kappa shape index (κ1) is 25.3. The second-order valence-corrected chi connectivity index (χ2v) is 10.4. The van der Waals surface area contributed by atoms with E-state index in [9.17, 15) is 13.2 Å². The van der Waals surface area contributed by atoms with Gasteiger partial charge in [-0.15, -0.1) is 0 Å². The molecule has 0 heterocycles. The molecule has 0 aliphatic heterocycles. The van der Waals surface area contributed by atoms with Crippen molar-refractivity contribution in [3.05, 3.63) is 82.9 Å². The Kier molecular flexibility index (Phi) is 7.67. The summed E-state index contributed by atoms with van der Waals surface area (Å²) >= 11 is 0. The van der Waals surface area contributed by atoms with Crippen LogP contribution in [-0.4, -0.2) is 21.4 Å². The van der Waals surface area contributed by atoms with Crippen molar-refractivity contribution < 1.29 is 22.1 Å². The minimum Gasteiger partial charge on any atom is -0.497 e. The van der Waals surface area contributed by atoms with Crippen molar-refractivity contribution in [3.63, 3.8) is 0 Å². The van der Waals surface area contributed by atoms with Gasteiger partial charge in [0, 0.05) is 22.4 Å². The molecule has 7 heteroatoms. The molecule has 0 saturated heterocycles. The van der Waals surface area contributed by atoms with Gasteiger partial charge in [0.15, 0.2) is 0 Å². The molecule has 6 nitrogen and oxygen atoms in total. The molecule has 3 aromatic carbocycles. The average Bonchev–Trinajstić information content (AvgIpc) is 2.79. The molecule has 0 fully saturated rings. The Bertz CT molecular complexity index is 1230. The summed E-state index contributed by atoms with van der Waals surface area (Å²) in [4.78, 5) is 12.9. The number of ether oxygens (including phenoxy) is 1. The third-order valence-corrected chi connectivity index (χ3v) is 6.74. The number of carbonyl (C=O) groups excluding carboxylic acids is 1. The highest BCUT2D eigenvalue weighted by Gasteiger charge is 2.25. The Morgan fingerprint density at radius 2 is 1.38 bits per heavy atom. The fraction of sp³-hybridized carbons (Fsp3) is 0.296. The van der Waals surface area contributed by atoms with E-state index in [1.54, 1.807) is 55.6 Å². The molecule has 0 aliphatic carbocycles. The average molecular weight is 482 g/mol. The largest absolute Gasteiger partial charge is 0.497 e. The third-order valence-electron chi connectivity index (χ3n) is 5.50. The van der Waals surface area contributed by atoms with Gasteiger partial charge in [0.1, 0.15) is 16.4 Å². The Morgan fingerprint density at radius 3 is 1.85 bits per heavy atom. The van der Waals surface area contributed by atoms with E-state index in [2.05, 4.69) is 5.32 Å². The SMILES string of the molecule is COc1ccc(C(=O)Nc2cc(C(C)C)c(OS(=O)(=O)c3ccc(C)cc3)c(C(C)C)c2)cc1. The molecule has 0 aromatic heterocycles. The molecule has 0 bridgehead atoms. The summed E-state index contributed by atoms with van der Waals surface area (Å²) < 4.78 is 37.0. The highest BCUT2D eigenvalue weighted by atomic mass is 32.2. The summed E-state index contributed by atoms with van der Waals surface area (Å²) in [6.45, 7) is 9.73. The molecule has 34 heavy (non-hydrogen) atoms. The zero-order chi connectivity index (χ0) is 25.0. The van der Waals surface area contributed by atoms with Gasteiger partial charge in [-0.1, -0.05) is 45.4 Å². The highest BCUT2D eigenvalue weighted by molar-refractivity contribution is 7.87. The number of methoxy groups -OCH3 is 1. The second kappa shape index (κ2) is 10.3. The number of amides is 1. The van der Waals surface area contributed by atoms with E-state index in [0.29, 0.717) is 33.9 Å². The standard InChI is InChI=1S/C27H31NO5S/c1-17(2)24-15-21(28-27(29)20-9-11-22(32-6)12-10-20)16-25(18(3)4)26(24)33-34(30,31)23-13-7-19(5)8-14-23/h7-18H,1-6H3,(H,28,29). The smallest absolute Gasteiger partial charge is 0.339 e. The van der Waals surface area contributed by atoms with Crippen molar-refractivity contribution in [1.82, 2.24) is 0 Å². The van der Waals surface area contributed by atoms with Gasteiger partial charge in [0.05, 0.1) is 7.11 Å². The Labute approximate surface area is 202 Å². The lowest BCUT2D eigenvalue weighted by Crippen LogP contribution is -2.16. The van der Waals surface area contributed by atoms with Crippen LogP contribution in [0.2, 0.25) is 0 Å². The molecule has 0 atom stereocenters. The zero-order valence-electron chi connectivity index (χ0n) is 20.4. The fourth-order valence-corrected chi connectivity index (χ4v) is 4.49. The van der Waals surface area contributed by atoms with Gasteiger partial charge in [-0.3, -0.25) is 4.79 Å². The topological polar surface area (TPSA) is 81.7 Å². The molecule has 1 N–H and O–H groups in total. The van der Waals surface area contributed by atoms with Crippen molar-refractivity contribution >= 4 is 21.7 Å². The van der Waals surface area contributed by atoms with Crippen LogP contribution >= 0.6 is 0 Å². The predicted octanol–water partition coefficient (Wildman–Crippen LogP) is 6.27. The first-order valence-electron chi connectivity index (χ1n) is 11.2. The highest BCUT2D eigenvalue weighted by Crippen LogP contribution is 2.39. The van der Waals surface area contributed by atoms with Crippen molar-refractivity contribution in [3.8, 4) is 11.5 Å². The van der Waals surface area contributed by atoms with Crippen molar-refractivity contribution in [2.75, 3.05) is 12.4 Å². The molecule has 3 rings (SSSR count). The van der Waals surface area contributed by atoms with Gasteiger partial charge in [0.2, 0.25) is 0 Å². The van der Waals surface area contributed by atoms with E-state index in [4.69, 9.17) is 8.92 Å². The van der Waals surface area contributed by atoms with Crippen molar-refractivity contribution in [2.45, 2.75) is 51.3 Å². The maximum absolute atomic E-state index is 13.1. The van der Waals surface area contributed by atoms with Gasteiger partial charge in [0.25, 0.3) is 5.91 Å². The van der Waals surface area contributed by atoms with Gasteiger partial charge >= 0.3 is 10.1 Å². The van der Waals surface area contributed by atoms with Gasteiger partial charge in [-0.25, -0.2) is 0 Å². The number of hydrogen-bond acceptors (Lipinski definition) is 5. The maximum atomic E-state index is 13.1. The number of nitrogens with one attached hydrogen (secondary N) is 1. The number of aryl methyl sites for hydroxylation is 1. The molecule has 0 unspecified atom stereocenters. The first-order chi connectivity index (χ1) is 16.0. The zero-order valence-corrected chi connectivity index (χ0v) is 21.2. The van der Waals surface area contributed by atoms with Crippen LogP contribution in [0, 0.1) is 6.92 Å². The molecule has 0 aliphatic rings. The quantitative estimate of drug-likeness (QED) is 0.384. The lowest BCUT2D eigenvalue weighted by Gasteiger charge is -2.21. The van der Waals surface area contributed by atoms with Crippen molar-refractivity contribution in [2.24, 2.45) is 0 Å². The van der Waals surface area contributed by atoms with Crippen LogP contribution in [0.4, 0.5) is 5.69 Å². The van der Waals surface area contributed by atoms with E-state index < -0.39 is 10.1 Å². The molecule has 1 amide bonds. The Hall–Kier alpha value is -3.32. The summed E-state index contributed by atoms with van der Waals surface area (Å²) in [6.07, 6.45) is 0. The van der Waals surface area contributed by atoms with Crippen LogP contribution in [0.1, 0.15) is 66.6 Å². The van der Waals surface area contributed by atoms with Crippen molar-refractivity contribution in [1.29, 1.82) is 0 Å². The lowest BCUT2D eigenvalue weighted by molar-refractivity contribution is 0.102. The number of benzene rings is 3. The predicted molar refractivity (Wildman–Crippen MR) is 135 cm³/mol. The summed E-state index contributed by atoms with van der Waals surface area (Å²) in [5.41, 5.74) is 3.43. The summed E-state index contributed by atoms with van der Waals surface area (Å²) in [6, 6.07) is 16.9. The third kappa shape index (κ3) is 5.78. The maximum Gasteiger partial charge on any atom is 0.339 e. The fourth-order valence-electron chi connectivity index (χ4n) is 3.51. The van der Waals surface area contributed by atoms with E-state index in [-0.39, 0.29) is 22.6 Å². The summed E-state index contributed by atoms with van der Waals surface area (Å²) in [7, 11) is -2.46. The Morgan fingerprint density at radius 1 is 0.853 bits per heavy atom. The van der Waals surface area contributed by atoms with E-state index >= 15 is 0 Å². The molecule has 0 radical (unpaired) electrons. The van der Waals surface area contributed by atoms with Gasteiger partial charge in [-0.2, -0.15) is 8.42 Å². The monoisotopic (exact) mass is 481 g/mol. The van der Waals surface area contributed by atoms with E-state index in [0.717, 1.165) is 5.56 Å². The Balaban J connectivity index is 2.00. The van der Waals surface area contributed by atoms with Gasteiger partial charge in [-0.05, 0) is 67.3 Å². The minimum atomic E-state index is -4.03. The molecule has 0 spiro atoms. The second-order valence-electron chi connectivity index (χ2n) is 8.83. The molecular formula is C27H31NO5S. The minimum absolute atomic E-state index is 0.0430. The van der Waals surface area contributed by atoms with Gasteiger partial charge < -0.3 is 14.2 Å². The lowest BCUT2D eigenvalue weighted by atomic mass is 9.93. The normalized spacial score (nSPS) is 11.5. The van der Waals surface area contributed by atoms with Crippen LogP contribution in [0.3, 0.4) is 0 Å². The molecular weight excluding hydrogens is 450 g/mol. The number of hydrogen-bond donors (Lipinski definition) is 1. The molecule has 0 saturated carbocycles. The summed E-state index contributed by atoms with van der Waals surface area (Å²) in [5.74, 6) is 0.621. The number of anilines is 1. The van der Waals surface area contributed by atoms with Crippen LogP contribution in [0.15, 0.2) is 65.6 Å². The van der Waals surface area contributed by atoms with Crippen LogP contribution in [0.5, 0.6) is 11.5 Å². The van der Waals surface area contributed by atoms with Crippen LogP contribution in [-0.2, 0) is 10.1 Å². The van der Waals surface area contributed by atoms with Crippen LogP contribution < -0.4 is 14.2 Å².